The van der Waals surface area contributed by atoms with Crippen LogP contribution in [0.5, 0.6) is 0 Å². The van der Waals surface area contributed by atoms with Gasteiger partial charge in [0.2, 0.25) is 23.6 Å². The van der Waals surface area contributed by atoms with Gasteiger partial charge in [0.15, 0.2) is 5.96 Å². The number of urea groups is 1. The number of carbonyl (C=O) groups is 6. The summed E-state index contributed by atoms with van der Waals surface area (Å²) < 4.78 is 0. The maximum atomic E-state index is 13.1. The van der Waals surface area contributed by atoms with Crippen molar-refractivity contribution in [2.75, 3.05) is 26.2 Å². The molecule has 16 N–H and O–H groups in total. The number of hydrogen-bond donors (Lipinski definition) is 12. The average Bonchev–Trinajstić information content (AvgIpc) is 2.88. The number of amides is 7. The maximum absolute atomic E-state index is 13.1. The van der Waals surface area contributed by atoms with Crippen LogP contribution in [0.3, 0.4) is 0 Å². The predicted octanol–water partition coefficient (Wildman–Crippen LogP) is -7.85. The Hall–Kier alpha value is -4.49. The van der Waals surface area contributed by atoms with Crippen LogP contribution in [-0.2, 0) is 24.0 Å². The van der Waals surface area contributed by atoms with Gasteiger partial charge in [-0.2, -0.15) is 0 Å². The van der Waals surface area contributed by atoms with Crippen LogP contribution in [0.1, 0.15) is 6.42 Å². The summed E-state index contributed by atoms with van der Waals surface area (Å²) in [4.78, 5) is 79.2. The quantitative estimate of drug-likeness (QED) is 0.148. The topological polar surface area (TPSA) is 323 Å². The van der Waals surface area contributed by atoms with Crippen molar-refractivity contribution in [3.8, 4) is 0 Å². The molecule has 0 spiro atoms. The van der Waals surface area contributed by atoms with Gasteiger partial charge in [-0.25, -0.2) is 4.79 Å². The van der Waals surface area contributed by atoms with Crippen LogP contribution >= 0.6 is 0 Å². The molecule has 19 nitrogen and oxygen atoms in total. The first kappa shape index (κ1) is 29.7. The molecular weight excluding hydrogens is 508 g/mol. The number of nitrogens with one attached hydrogen (secondary N) is 7. The van der Waals surface area contributed by atoms with E-state index in [1.807, 2.05) is 5.32 Å². The highest BCUT2D eigenvalue weighted by Crippen LogP contribution is 2.06. The first-order valence-electron chi connectivity index (χ1n) is 11.4. The number of hydrogen-bond acceptors (Lipinski definition) is 12. The lowest BCUT2D eigenvalue weighted by Gasteiger charge is -2.31. The molecule has 19 heteroatoms. The molecule has 0 aromatic rings. The number of nitrogens with two attached hydrogens (primary N) is 4. The highest BCUT2D eigenvalue weighted by atomic mass is 16.3. The van der Waals surface area contributed by atoms with Crippen molar-refractivity contribution >= 4 is 41.5 Å². The van der Waals surface area contributed by atoms with Crippen LogP contribution in [0.2, 0.25) is 0 Å². The highest BCUT2D eigenvalue weighted by Gasteiger charge is 2.34. The van der Waals surface area contributed by atoms with Gasteiger partial charge in [0.05, 0.1) is 12.6 Å². The van der Waals surface area contributed by atoms with Crippen molar-refractivity contribution in [2.24, 2.45) is 27.9 Å². The van der Waals surface area contributed by atoms with Crippen LogP contribution in [0.25, 0.3) is 0 Å². The Bertz CT molecular complexity index is 1020. The van der Waals surface area contributed by atoms with Gasteiger partial charge in [0, 0.05) is 25.8 Å². The normalized spacial score (nSPS) is 29.0. The summed E-state index contributed by atoms with van der Waals surface area (Å²) in [7, 11) is 0. The lowest BCUT2D eigenvalue weighted by Crippen LogP contribution is -2.64. The van der Waals surface area contributed by atoms with Gasteiger partial charge in [0.25, 0.3) is 5.91 Å². The molecule has 0 bridgehead atoms. The van der Waals surface area contributed by atoms with Crippen LogP contribution in [0, 0.1) is 0 Å². The third kappa shape index (κ3) is 8.28. The Balaban J connectivity index is 2.46. The van der Waals surface area contributed by atoms with Crippen LogP contribution in [-0.4, -0.2) is 103 Å². The molecule has 0 unspecified atom stereocenters. The van der Waals surface area contributed by atoms with Gasteiger partial charge in [-0.1, -0.05) is 0 Å². The second-order valence-corrected chi connectivity index (χ2v) is 8.21. The lowest BCUT2D eigenvalue weighted by molar-refractivity contribution is -0.133. The van der Waals surface area contributed by atoms with Crippen molar-refractivity contribution < 1.29 is 33.9 Å². The second kappa shape index (κ2) is 13.7. The second-order valence-electron chi connectivity index (χ2n) is 8.21. The van der Waals surface area contributed by atoms with E-state index in [1.165, 1.54) is 0 Å². The maximum Gasteiger partial charge on any atom is 0.316 e. The fourth-order valence-electron chi connectivity index (χ4n) is 3.36. The Morgan fingerprint density at radius 2 is 1.71 bits per heavy atom. The zero-order chi connectivity index (χ0) is 28.4. The highest BCUT2D eigenvalue weighted by molar-refractivity contribution is 6.02. The molecule has 1 fully saturated rings. The van der Waals surface area contributed by atoms with Crippen molar-refractivity contribution in [3.05, 3.63) is 11.9 Å². The van der Waals surface area contributed by atoms with E-state index in [2.05, 4.69) is 36.9 Å². The summed E-state index contributed by atoms with van der Waals surface area (Å²) in [5.74, 6) is -4.69. The van der Waals surface area contributed by atoms with Crippen molar-refractivity contribution in [1.82, 2.24) is 37.2 Å². The first-order chi connectivity index (χ1) is 18.0. The van der Waals surface area contributed by atoms with Gasteiger partial charge >= 0.3 is 6.03 Å². The SMILES string of the molecule is NC[C@@H]1NC(=O)[C@H](CO)NC(=O)[C@@H](N)CNC(=O)[C@H]([C@@H]2CCN=C(N)N2)NC(=O)/C(=C/NC(N)=O)NC1=O. The molecular formula is C19H32N12O7. The van der Waals surface area contributed by atoms with Gasteiger partial charge in [-0.05, 0) is 6.42 Å². The number of aliphatic hydroxyl groups excluding tert-OH is 1. The third-order valence-electron chi connectivity index (χ3n) is 5.41. The van der Waals surface area contributed by atoms with E-state index in [9.17, 15) is 33.9 Å². The molecule has 2 rings (SSSR count). The van der Waals surface area contributed by atoms with E-state index < -0.39 is 91.2 Å². The van der Waals surface area contributed by atoms with E-state index in [0.717, 1.165) is 6.20 Å². The van der Waals surface area contributed by atoms with E-state index in [4.69, 9.17) is 22.9 Å². The monoisotopic (exact) mass is 540 g/mol. The molecule has 0 aromatic carbocycles. The molecule has 2 heterocycles. The van der Waals surface area contributed by atoms with Crippen molar-refractivity contribution in [1.29, 1.82) is 0 Å². The predicted molar refractivity (Wildman–Crippen MR) is 130 cm³/mol. The Kier molecular flexibility index (Phi) is 10.7. The molecule has 0 saturated carbocycles. The molecule has 1 saturated heterocycles. The molecule has 7 amide bonds. The number of nitrogens with zero attached hydrogens (tertiary/aromatic N) is 1. The van der Waals surface area contributed by atoms with E-state index >= 15 is 0 Å². The zero-order valence-electron chi connectivity index (χ0n) is 20.2. The molecule has 5 atom stereocenters. The van der Waals surface area contributed by atoms with Crippen molar-refractivity contribution in [2.45, 2.75) is 36.6 Å². The van der Waals surface area contributed by atoms with Crippen LogP contribution < -0.4 is 60.2 Å². The summed E-state index contributed by atoms with van der Waals surface area (Å²) in [5.41, 5.74) is 21.6. The third-order valence-corrected chi connectivity index (χ3v) is 5.41. The minimum absolute atomic E-state index is 0.0163. The number of aliphatic imine (C=N–C) groups is 1. The van der Waals surface area contributed by atoms with E-state index in [0.29, 0.717) is 0 Å². The van der Waals surface area contributed by atoms with Crippen LogP contribution in [0.4, 0.5) is 4.79 Å². The number of guanidine groups is 1. The Labute approximate surface area is 215 Å². The number of carbonyl (C=O) groups excluding carboxylic acids is 6. The number of aliphatic hydroxyl groups is 1. The summed E-state index contributed by atoms with van der Waals surface area (Å²) in [6.45, 7) is -1.50. The van der Waals surface area contributed by atoms with Crippen molar-refractivity contribution in [3.63, 3.8) is 0 Å². The molecule has 0 radical (unpaired) electrons. The number of rotatable bonds is 4. The molecule has 2 aliphatic rings. The van der Waals surface area contributed by atoms with Crippen LogP contribution in [0.15, 0.2) is 16.9 Å². The molecule has 38 heavy (non-hydrogen) atoms. The molecule has 0 aromatic heterocycles. The van der Waals surface area contributed by atoms with Gasteiger partial charge < -0.3 is 65.3 Å². The standard InChI is InChI=1S/C19H32N12O7/c20-3-9-14(34)28-10(5-26-19(23)38)15(35)31-12(8-1-2-24-18(22)30-8)17(37)25-4-7(21)13(33)29-11(6-32)16(36)27-9/h5,7-9,11-12,32H,1-4,6,20-21H2,(H,25,37)(H,27,36)(H,28,34)(H,29,33)(H,31,35)(H3,22,24,30)(H3,23,26,38)/b10-5-/t7-,8-,9-,11-,12-/m0/s1. The van der Waals surface area contributed by atoms with Gasteiger partial charge in [0.1, 0.15) is 29.9 Å². The van der Waals surface area contributed by atoms with E-state index in [1.54, 1.807) is 0 Å². The zero-order valence-corrected chi connectivity index (χ0v) is 20.2. The summed E-state index contributed by atoms with van der Waals surface area (Å²) in [6, 6.07) is -7.50. The first-order valence-corrected chi connectivity index (χ1v) is 11.4. The lowest BCUT2D eigenvalue weighted by atomic mass is 10.0. The Morgan fingerprint density at radius 3 is 2.32 bits per heavy atom. The smallest absolute Gasteiger partial charge is 0.316 e. The molecule has 2 aliphatic heterocycles. The van der Waals surface area contributed by atoms with Gasteiger partial charge in [-0.3, -0.25) is 29.0 Å². The molecule has 0 aliphatic carbocycles. The molecule has 210 valence electrons. The largest absolute Gasteiger partial charge is 0.394 e. The van der Waals surface area contributed by atoms with Gasteiger partial charge in [-0.15, -0.1) is 0 Å². The fourth-order valence-corrected chi connectivity index (χ4v) is 3.36. The average molecular weight is 541 g/mol. The number of primary amides is 1. The fraction of sp³-hybridized carbons (Fsp3) is 0.526. The minimum Gasteiger partial charge on any atom is -0.394 e. The summed E-state index contributed by atoms with van der Waals surface area (Å²) in [5, 5.41) is 25.9. The summed E-state index contributed by atoms with van der Waals surface area (Å²) >= 11 is 0. The van der Waals surface area contributed by atoms with E-state index in [-0.39, 0.29) is 18.9 Å². The Morgan fingerprint density at radius 1 is 1.03 bits per heavy atom. The summed E-state index contributed by atoms with van der Waals surface area (Å²) in [6.07, 6.45) is 1.04. The minimum atomic E-state index is -1.52.